The van der Waals surface area contributed by atoms with Gasteiger partial charge in [0, 0.05) is 18.9 Å². The van der Waals surface area contributed by atoms with E-state index >= 15 is 0 Å². The van der Waals surface area contributed by atoms with E-state index in [9.17, 15) is 0 Å². The van der Waals surface area contributed by atoms with Crippen LogP contribution in [0, 0.1) is 0 Å². The predicted octanol–water partition coefficient (Wildman–Crippen LogP) is 2.12. The monoisotopic (exact) mass is 179 g/mol. The van der Waals surface area contributed by atoms with Gasteiger partial charge in [0.05, 0.1) is 10.2 Å². The molecule has 0 aliphatic heterocycles. The molecule has 3 nitrogen and oxygen atoms in total. The van der Waals surface area contributed by atoms with Crippen molar-refractivity contribution in [3.63, 3.8) is 0 Å². The Morgan fingerprint density at radius 1 is 1.58 bits per heavy atom. The highest BCUT2D eigenvalue weighted by atomic mass is 32.1. The number of fused-ring (bicyclic) bond motifs is 1. The SMILES string of the molecule is CCNc1nc2ccncc2s1. The van der Waals surface area contributed by atoms with Crippen LogP contribution in [0.5, 0.6) is 0 Å². The predicted molar refractivity (Wildman–Crippen MR) is 51.6 cm³/mol. The zero-order chi connectivity index (χ0) is 8.39. The quantitative estimate of drug-likeness (QED) is 0.767. The molecule has 2 heterocycles. The molecule has 0 saturated heterocycles. The summed E-state index contributed by atoms with van der Waals surface area (Å²) in [6, 6.07) is 1.92. The molecule has 1 N–H and O–H groups in total. The molecule has 0 radical (unpaired) electrons. The van der Waals surface area contributed by atoms with Gasteiger partial charge in [-0.3, -0.25) is 4.98 Å². The van der Waals surface area contributed by atoms with E-state index in [0.717, 1.165) is 21.9 Å². The molecule has 0 aliphatic carbocycles. The minimum Gasteiger partial charge on any atom is -0.362 e. The molecule has 0 bridgehead atoms. The summed E-state index contributed by atoms with van der Waals surface area (Å²) in [6.07, 6.45) is 3.60. The topological polar surface area (TPSA) is 37.8 Å². The number of hydrogen-bond acceptors (Lipinski definition) is 4. The highest BCUT2D eigenvalue weighted by Gasteiger charge is 2.00. The molecule has 0 aliphatic rings. The van der Waals surface area contributed by atoms with Crippen molar-refractivity contribution in [2.24, 2.45) is 0 Å². The van der Waals surface area contributed by atoms with Gasteiger partial charge >= 0.3 is 0 Å². The second-order valence-corrected chi connectivity index (χ2v) is 3.42. The van der Waals surface area contributed by atoms with Crippen LogP contribution in [0.4, 0.5) is 5.13 Å². The van der Waals surface area contributed by atoms with Gasteiger partial charge in [-0.05, 0) is 13.0 Å². The third kappa shape index (κ3) is 1.25. The van der Waals surface area contributed by atoms with Crippen molar-refractivity contribution in [2.75, 3.05) is 11.9 Å². The van der Waals surface area contributed by atoms with Gasteiger partial charge in [0.1, 0.15) is 0 Å². The largest absolute Gasteiger partial charge is 0.362 e. The third-order valence-electron chi connectivity index (χ3n) is 1.52. The molecule has 2 aromatic heterocycles. The summed E-state index contributed by atoms with van der Waals surface area (Å²) < 4.78 is 1.13. The lowest BCUT2D eigenvalue weighted by Crippen LogP contribution is -1.94. The van der Waals surface area contributed by atoms with Crippen molar-refractivity contribution in [1.29, 1.82) is 0 Å². The van der Waals surface area contributed by atoms with Crippen molar-refractivity contribution < 1.29 is 0 Å². The van der Waals surface area contributed by atoms with Crippen LogP contribution in [0.3, 0.4) is 0 Å². The van der Waals surface area contributed by atoms with Gasteiger partial charge in [0.2, 0.25) is 0 Å². The Kier molecular flexibility index (Phi) is 1.91. The Labute approximate surface area is 74.5 Å². The second-order valence-electron chi connectivity index (χ2n) is 2.39. The van der Waals surface area contributed by atoms with Crippen LogP contribution in [0.2, 0.25) is 0 Å². The summed E-state index contributed by atoms with van der Waals surface area (Å²) in [5.74, 6) is 0. The van der Waals surface area contributed by atoms with Gasteiger partial charge in [0.15, 0.2) is 5.13 Å². The van der Waals surface area contributed by atoms with Crippen molar-refractivity contribution in [3.8, 4) is 0 Å². The Morgan fingerprint density at radius 3 is 3.25 bits per heavy atom. The zero-order valence-corrected chi connectivity index (χ0v) is 7.56. The first-order chi connectivity index (χ1) is 5.90. The van der Waals surface area contributed by atoms with Gasteiger partial charge < -0.3 is 5.32 Å². The van der Waals surface area contributed by atoms with Gasteiger partial charge in [-0.15, -0.1) is 0 Å². The molecule has 0 aromatic carbocycles. The van der Waals surface area contributed by atoms with Crippen LogP contribution in [0.25, 0.3) is 10.2 Å². The molecule has 0 fully saturated rings. The number of rotatable bonds is 2. The first-order valence-corrected chi connectivity index (χ1v) is 4.66. The first kappa shape index (κ1) is 7.49. The van der Waals surface area contributed by atoms with Gasteiger partial charge in [-0.25, -0.2) is 4.98 Å². The van der Waals surface area contributed by atoms with Crippen molar-refractivity contribution in [3.05, 3.63) is 18.5 Å². The first-order valence-electron chi connectivity index (χ1n) is 3.84. The molecule has 2 aromatic rings. The average Bonchev–Trinajstić information content (AvgIpc) is 2.47. The molecule has 0 amide bonds. The van der Waals surface area contributed by atoms with E-state index in [2.05, 4.69) is 22.2 Å². The summed E-state index contributed by atoms with van der Waals surface area (Å²) in [5.41, 5.74) is 1.02. The molecule has 0 spiro atoms. The van der Waals surface area contributed by atoms with Crippen LogP contribution in [-0.2, 0) is 0 Å². The van der Waals surface area contributed by atoms with Gasteiger partial charge in [-0.2, -0.15) is 0 Å². The third-order valence-corrected chi connectivity index (χ3v) is 2.48. The molecule has 12 heavy (non-hydrogen) atoms. The highest BCUT2D eigenvalue weighted by Crippen LogP contribution is 2.23. The number of nitrogens with zero attached hydrogens (tertiary/aromatic N) is 2. The summed E-state index contributed by atoms with van der Waals surface area (Å²) in [4.78, 5) is 8.40. The molecule has 0 atom stereocenters. The highest BCUT2D eigenvalue weighted by molar-refractivity contribution is 7.22. The van der Waals surface area contributed by atoms with Crippen LogP contribution >= 0.6 is 11.3 Å². The van der Waals surface area contributed by atoms with E-state index in [0.29, 0.717) is 0 Å². The van der Waals surface area contributed by atoms with Crippen molar-refractivity contribution in [1.82, 2.24) is 9.97 Å². The summed E-state index contributed by atoms with van der Waals surface area (Å²) >= 11 is 1.64. The van der Waals surface area contributed by atoms with Gasteiger partial charge in [-0.1, -0.05) is 11.3 Å². The van der Waals surface area contributed by atoms with E-state index < -0.39 is 0 Å². The smallest absolute Gasteiger partial charge is 0.183 e. The van der Waals surface area contributed by atoms with E-state index in [1.807, 2.05) is 12.3 Å². The maximum atomic E-state index is 4.37. The Balaban J connectivity index is 2.47. The van der Waals surface area contributed by atoms with E-state index in [1.165, 1.54) is 0 Å². The fourth-order valence-corrected chi connectivity index (χ4v) is 1.91. The molecular formula is C8H9N3S. The lowest BCUT2D eigenvalue weighted by Gasteiger charge is -1.91. The molecular weight excluding hydrogens is 170 g/mol. The molecule has 0 unspecified atom stereocenters. The minimum absolute atomic E-state index is 0.910. The molecule has 2 rings (SSSR count). The van der Waals surface area contributed by atoms with E-state index in [1.54, 1.807) is 17.5 Å². The average molecular weight is 179 g/mol. The zero-order valence-electron chi connectivity index (χ0n) is 6.74. The number of pyridine rings is 1. The lowest BCUT2D eigenvalue weighted by atomic mass is 10.4. The van der Waals surface area contributed by atoms with E-state index in [4.69, 9.17) is 0 Å². The fourth-order valence-electron chi connectivity index (χ4n) is 1.01. The number of aromatic nitrogens is 2. The van der Waals surface area contributed by atoms with Crippen molar-refractivity contribution >= 4 is 26.7 Å². The fraction of sp³-hybridized carbons (Fsp3) is 0.250. The number of anilines is 1. The van der Waals surface area contributed by atoms with Crippen LogP contribution in [0.15, 0.2) is 18.5 Å². The summed E-state index contributed by atoms with van der Waals surface area (Å²) in [5, 5.41) is 4.15. The molecule has 4 heteroatoms. The van der Waals surface area contributed by atoms with Gasteiger partial charge in [0.25, 0.3) is 0 Å². The number of hydrogen-bond donors (Lipinski definition) is 1. The Morgan fingerprint density at radius 2 is 2.50 bits per heavy atom. The second kappa shape index (κ2) is 3.06. The molecule has 0 saturated carbocycles. The summed E-state index contributed by atoms with van der Waals surface area (Å²) in [7, 11) is 0. The number of thiazole rings is 1. The Bertz CT molecular complexity index is 349. The maximum Gasteiger partial charge on any atom is 0.183 e. The molecule has 62 valence electrons. The normalized spacial score (nSPS) is 10.4. The van der Waals surface area contributed by atoms with Crippen LogP contribution < -0.4 is 5.32 Å². The standard InChI is InChI=1S/C8H9N3S/c1-2-10-8-11-6-3-4-9-5-7(6)12-8/h3-5H,2H2,1H3,(H,10,11). The summed E-state index contributed by atoms with van der Waals surface area (Å²) in [6.45, 7) is 2.97. The Hall–Kier alpha value is -1.16. The lowest BCUT2D eigenvalue weighted by molar-refractivity contribution is 1.20. The number of nitrogens with one attached hydrogen (secondary N) is 1. The van der Waals surface area contributed by atoms with E-state index in [-0.39, 0.29) is 0 Å². The van der Waals surface area contributed by atoms with Crippen LogP contribution in [0.1, 0.15) is 6.92 Å². The van der Waals surface area contributed by atoms with Crippen LogP contribution in [-0.4, -0.2) is 16.5 Å². The maximum absolute atomic E-state index is 4.37. The van der Waals surface area contributed by atoms with Crippen molar-refractivity contribution in [2.45, 2.75) is 6.92 Å². The minimum atomic E-state index is 0.910.